The third-order valence-corrected chi connectivity index (χ3v) is 5.49. The van der Waals surface area contributed by atoms with E-state index in [1.54, 1.807) is 12.4 Å². The molecular formula is C26H40N2O2. The minimum Gasteiger partial charge on any atom is -0.493 e. The van der Waals surface area contributed by atoms with Crippen molar-refractivity contribution in [1.82, 2.24) is 9.97 Å². The number of ether oxygens (including phenoxy) is 2. The first-order chi connectivity index (χ1) is 14.7. The van der Waals surface area contributed by atoms with Crippen LogP contribution in [0.2, 0.25) is 0 Å². The van der Waals surface area contributed by atoms with E-state index >= 15 is 0 Å². The summed E-state index contributed by atoms with van der Waals surface area (Å²) in [6.45, 7) is 8.12. The maximum atomic E-state index is 5.81. The zero-order valence-electron chi connectivity index (χ0n) is 19.2. The van der Waals surface area contributed by atoms with Gasteiger partial charge in [-0.05, 0) is 36.6 Å². The van der Waals surface area contributed by atoms with Crippen LogP contribution in [0, 0.1) is 5.92 Å². The normalized spacial score (nSPS) is 12.0. The van der Waals surface area contributed by atoms with Gasteiger partial charge in [0.1, 0.15) is 5.75 Å². The van der Waals surface area contributed by atoms with Crippen molar-refractivity contribution in [2.24, 2.45) is 5.92 Å². The molecule has 1 atom stereocenters. The SMILES string of the molecule is CCCCCCCCCCCOc1cnc(-c2ccc(OCC(C)CC)cc2)nc1. The summed E-state index contributed by atoms with van der Waals surface area (Å²) < 4.78 is 11.6. The Morgan fingerprint density at radius 1 is 0.733 bits per heavy atom. The van der Waals surface area contributed by atoms with Crippen molar-refractivity contribution in [3.8, 4) is 22.9 Å². The molecule has 1 aromatic heterocycles. The van der Waals surface area contributed by atoms with E-state index in [2.05, 4.69) is 30.7 Å². The second kappa shape index (κ2) is 14.8. The molecular weight excluding hydrogens is 372 g/mol. The zero-order chi connectivity index (χ0) is 21.4. The van der Waals surface area contributed by atoms with E-state index in [1.165, 1.54) is 51.4 Å². The summed E-state index contributed by atoms with van der Waals surface area (Å²) >= 11 is 0. The van der Waals surface area contributed by atoms with Crippen LogP contribution in [-0.2, 0) is 0 Å². The summed E-state index contributed by atoms with van der Waals surface area (Å²) in [5.74, 6) is 2.90. The van der Waals surface area contributed by atoms with Gasteiger partial charge in [0, 0.05) is 5.56 Å². The fraction of sp³-hybridized carbons (Fsp3) is 0.615. The number of benzene rings is 1. The molecule has 2 rings (SSSR count). The van der Waals surface area contributed by atoms with Crippen molar-refractivity contribution in [3.05, 3.63) is 36.7 Å². The molecule has 1 unspecified atom stereocenters. The highest BCUT2D eigenvalue weighted by molar-refractivity contribution is 5.56. The number of nitrogens with zero attached hydrogens (tertiary/aromatic N) is 2. The van der Waals surface area contributed by atoms with Crippen molar-refractivity contribution in [2.75, 3.05) is 13.2 Å². The van der Waals surface area contributed by atoms with E-state index < -0.39 is 0 Å². The van der Waals surface area contributed by atoms with E-state index in [-0.39, 0.29) is 0 Å². The van der Waals surface area contributed by atoms with Crippen molar-refractivity contribution in [2.45, 2.75) is 85.0 Å². The van der Waals surface area contributed by atoms with Crippen LogP contribution in [0.3, 0.4) is 0 Å². The predicted octanol–water partition coefficient (Wildman–Crippen LogP) is 7.48. The second-order valence-electron chi connectivity index (χ2n) is 8.27. The molecule has 4 nitrogen and oxygen atoms in total. The summed E-state index contributed by atoms with van der Waals surface area (Å²) in [6, 6.07) is 7.97. The van der Waals surface area contributed by atoms with Gasteiger partial charge in [0.25, 0.3) is 0 Å². The summed E-state index contributed by atoms with van der Waals surface area (Å²) in [7, 11) is 0. The summed E-state index contributed by atoms with van der Waals surface area (Å²) in [5.41, 5.74) is 0.983. The molecule has 0 radical (unpaired) electrons. The molecule has 0 bridgehead atoms. The highest BCUT2D eigenvalue weighted by Gasteiger charge is 2.04. The van der Waals surface area contributed by atoms with Gasteiger partial charge >= 0.3 is 0 Å². The molecule has 0 saturated carbocycles. The molecule has 30 heavy (non-hydrogen) atoms. The molecule has 0 aliphatic rings. The second-order valence-corrected chi connectivity index (χ2v) is 8.27. The van der Waals surface area contributed by atoms with Gasteiger partial charge in [-0.2, -0.15) is 0 Å². The quantitative estimate of drug-likeness (QED) is 0.268. The minimum atomic E-state index is 0.566. The Kier molecular flexibility index (Phi) is 11.9. The molecule has 0 N–H and O–H groups in total. The molecule has 166 valence electrons. The molecule has 1 aromatic carbocycles. The highest BCUT2D eigenvalue weighted by atomic mass is 16.5. The van der Waals surface area contributed by atoms with Crippen LogP contribution >= 0.6 is 0 Å². The Morgan fingerprint density at radius 3 is 1.93 bits per heavy atom. The van der Waals surface area contributed by atoms with E-state index in [1.807, 2.05) is 24.3 Å². The standard InChI is InChI=1S/C26H40N2O2/c1-4-6-7-8-9-10-11-12-13-18-29-25-19-27-26(28-20-25)23-14-16-24(17-15-23)30-21-22(3)5-2/h14-17,19-20,22H,4-13,18,21H2,1-3H3. The van der Waals surface area contributed by atoms with Gasteiger partial charge in [-0.15, -0.1) is 0 Å². The summed E-state index contributed by atoms with van der Waals surface area (Å²) in [4.78, 5) is 8.91. The maximum Gasteiger partial charge on any atom is 0.159 e. The minimum absolute atomic E-state index is 0.566. The first-order valence-electron chi connectivity index (χ1n) is 11.9. The molecule has 0 saturated heterocycles. The van der Waals surface area contributed by atoms with Gasteiger partial charge in [0.05, 0.1) is 25.6 Å². The van der Waals surface area contributed by atoms with Gasteiger partial charge in [-0.3, -0.25) is 0 Å². The Balaban J connectivity index is 1.64. The Hall–Kier alpha value is -2.10. The molecule has 0 spiro atoms. The average Bonchev–Trinajstić information content (AvgIpc) is 2.79. The molecule has 4 heteroatoms. The molecule has 0 amide bonds. The van der Waals surface area contributed by atoms with E-state index in [0.29, 0.717) is 11.7 Å². The molecule has 2 aromatic rings. The number of aromatic nitrogens is 2. The summed E-state index contributed by atoms with van der Waals surface area (Å²) in [5, 5.41) is 0. The molecule has 0 fully saturated rings. The van der Waals surface area contributed by atoms with E-state index in [0.717, 1.165) is 43.1 Å². The lowest BCUT2D eigenvalue weighted by molar-refractivity contribution is 0.256. The Morgan fingerprint density at radius 2 is 1.33 bits per heavy atom. The van der Waals surface area contributed by atoms with Crippen molar-refractivity contribution in [3.63, 3.8) is 0 Å². The zero-order valence-corrected chi connectivity index (χ0v) is 19.2. The molecule has 1 heterocycles. The van der Waals surface area contributed by atoms with Gasteiger partial charge in [-0.1, -0.05) is 78.6 Å². The average molecular weight is 413 g/mol. The first-order valence-corrected chi connectivity index (χ1v) is 11.9. The van der Waals surface area contributed by atoms with Crippen molar-refractivity contribution < 1.29 is 9.47 Å². The van der Waals surface area contributed by atoms with Crippen LogP contribution in [0.15, 0.2) is 36.7 Å². The van der Waals surface area contributed by atoms with Gasteiger partial charge < -0.3 is 9.47 Å². The maximum absolute atomic E-state index is 5.81. The lowest BCUT2D eigenvalue weighted by Gasteiger charge is -2.11. The first kappa shape index (κ1) is 24.2. The number of unbranched alkanes of at least 4 members (excludes halogenated alkanes) is 8. The Bertz CT molecular complexity index is 670. The van der Waals surface area contributed by atoms with Crippen LogP contribution < -0.4 is 9.47 Å². The smallest absolute Gasteiger partial charge is 0.159 e. The highest BCUT2D eigenvalue weighted by Crippen LogP contribution is 2.21. The van der Waals surface area contributed by atoms with Crippen LogP contribution in [0.5, 0.6) is 11.5 Å². The van der Waals surface area contributed by atoms with Crippen LogP contribution in [-0.4, -0.2) is 23.2 Å². The van der Waals surface area contributed by atoms with E-state index in [4.69, 9.17) is 9.47 Å². The van der Waals surface area contributed by atoms with Crippen molar-refractivity contribution >= 4 is 0 Å². The van der Waals surface area contributed by atoms with Gasteiger partial charge in [0.15, 0.2) is 11.6 Å². The van der Waals surface area contributed by atoms with Crippen LogP contribution in [0.4, 0.5) is 0 Å². The van der Waals surface area contributed by atoms with Crippen molar-refractivity contribution in [1.29, 1.82) is 0 Å². The Labute approximate surface area is 183 Å². The number of hydrogen-bond donors (Lipinski definition) is 0. The van der Waals surface area contributed by atoms with Gasteiger partial charge in [-0.25, -0.2) is 9.97 Å². The van der Waals surface area contributed by atoms with Crippen LogP contribution in [0.1, 0.15) is 85.0 Å². The van der Waals surface area contributed by atoms with Gasteiger partial charge in [0.2, 0.25) is 0 Å². The molecule has 0 aliphatic carbocycles. The summed E-state index contributed by atoms with van der Waals surface area (Å²) in [6.07, 6.45) is 16.5. The third kappa shape index (κ3) is 9.60. The fourth-order valence-corrected chi connectivity index (χ4v) is 3.20. The van der Waals surface area contributed by atoms with E-state index in [9.17, 15) is 0 Å². The topological polar surface area (TPSA) is 44.2 Å². The number of rotatable bonds is 16. The largest absolute Gasteiger partial charge is 0.493 e. The number of hydrogen-bond acceptors (Lipinski definition) is 4. The monoisotopic (exact) mass is 412 g/mol. The fourth-order valence-electron chi connectivity index (χ4n) is 3.20. The lowest BCUT2D eigenvalue weighted by Crippen LogP contribution is -2.07. The third-order valence-electron chi connectivity index (χ3n) is 5.49. The van der Waals surface area contributed by atoms with Crippen LogP contribution in [0.25, 0.3) is 11.4 Å². The molecule has 0 aliphatic heterocycles. The lowest BCUT2D eigenvalue weighted by atomic mass is 10.1. The predicted molar refractivity (Wildman–Crippen MR) is 125 cm³/mol.